The smallest absolute Gasteiger partial charge is 0.263 e. The number of hydrogen-bond donors (Lipinski definition) is 2. The molecular weight excluding hydrogens is 368 g/mol. The van der Waals surface area contributed by atoms with Crippen LogP contribution in [0.2, 0.25) is 0 Å². The molecule has 6 nitrogen and oxygen atoms in total. The summed E-state index contributed by atoms with van der Waals surface area (Å²) in [6.45, 7) is 4.70. The van der Waals surface area contributed by atoms with Gasteiger partial charge in [-0.25, -0.2) is 0 Å². The minimum atomic E-state index is -0.257. The predicted octanol–water partition coefficient (Wildman–Crippen LogP) is 3.87. The Kier molecular flexibility index (Phi) is 8.26. The Balaban J connectivity index is 0.00000145. The molecule has 2 aromatic rings. The molecular formula is C23H34N2O4. The highest BCUT2D eigenvalue weighted by molar-refractivity contribution is 5.98. The number of hydrogen-bond acceptors (Lipinski definition) is 4. The zero-order valence-electron chi connectivity index (χ0n) is 18.1. The lowest BCUT2D eigenvalue weighted by molar-refractivity contribution is 0.0895. The van der Waals surface area contributed by atoms with Gasteiger partial charge >= 0.3 is 0 Å². The number of nitrogens with zero attached hydrogens (tertiary/aromatic N) is 1. The number of aryl methyl sites for hydroxylation is 1. The normalized spacial score (nSPS) is 15.8. The molecule has 0 spiro atoms. The molecule has 1 aromatic carbocycles. The maximum Gasteiger partial charge on any atom is 0.263 e. The van der Waals surface area contributed by atoms with Crippen LogP contribution >= 0.6 is 0 Å². The van der Waals surface area contributed by atoms with Gasteiger partial charge in [0, 0.05) is 25.3 Å². The first-order valence-corrected chi connectivity index (χ1v) is 10.5. The van der Waals surface area contributed by atoms with Crippen LogP contribution in [0.1, 0.15) is 69.2 Å². The van der Waals surface area contributed by atoms with Gasteiger partial charge in [-0.1, -0.05) is 32.6 Å². The van der Waals surface area contributed by atoms with Crippen LogP contribution in [0.15, 0.2) is 29.1 Å². The molecule has 160 valence electrons. The van der Waals surface area contributed by atoms with Crippen molar-refractivity contribution in [3.63, 3.8) is 0 Å². The van der Waals surface area contributed by atoms with E-state index < -0.39 is 0 Å². The number of nitrogens with one attached hydrogen (secondary N) is 1. The molecule has 1 fully saturated rings. The zero-order valence-corrected chi connectivity index (χ0v) is 18.1. The van der Waals surface area contributed by atoms with E-state index in [1.165, 1.54) is 12.8 Å². The van der Waals surface area contributed by atoms with Crippen molar-refractivity contribution >= 4 is 16.8 Å². The number of carbonyl (C=O) groups excluding carboxylic acids is 1. The number of amides is 1. The zero-order chi connectivity index (χ0) is 21.4. The molecule has 0 unspecified atom stereocenters. The molecule has 1 aliphatic carbocycles. The van der Waals surface area contributed by atoms with E-state index in [1.807, 2.05) is 25.1 Å². The SMILES string of the molecule is CCCn1c(=O)c(C(=O)NC2(C)CCCCCC2)cc2ccc(OC)cc21.CO. The van der Waals surface area contributed by atoms with Gasteiger partial charge in [-0.3, -0.25) is 9.59 Å². The summed E-state index contributed by atoms with van der Waals surface area (Å²) in [5.41, 5.74) is 0.571. The van der Waals surface area contributed by atoms with Crippen molar-refractivity contribution in [2.75, 3.05) is 14.2 Å². The molecule has 2 N–H and O–H groups in total. The molecule has 1 heterocycles. The van der Waals surface area contributed by atoms with Crippen LogP contribution in [0, 0.1) is 0 Å². The predicted molar refractivity (Wildman–Crippen MR) is 117 cm³/mol. The first-order valence-electron chi connectivity index (χ1n) is 10.5. The third-order valence-electron chi connectivity index (χ3n) is 5.62. The van der Waals surface area contributed by atoms with Gasteiger partial charge in [0.15, 0.2) is 0 Å². The van der Waals surface area contributed by atoms with Crippen LogP contribution in [0.5, 0.6) is 5.75 Å². The summed E-state index contributed by atoms with van der Waals surface area (Å²) >= 11 is 0. The fourth-order valence-electron chi connectivity index (χ4n) is 4.06. The summed E-state index contributed by atoms with van der Waals surface area (Å²) in [5, 5.41) is 11.0. The number of pyridine rings is 1. The summed E-state index contributed by atoms with van der Waals surface area (Å²) in [6, 6.07) is 7.35. The Morgan fingerprint density at radius 1 is 1.17 bits per heavy atom. The molecule has 1 aliphatic rings. The van der Waals surface area contributed by atoms with Crippen LogP contribution in [0.4, 0.5) is 0 Å². The number of carbonyl (C=O) groups is 1. The molecule has 1 saturated carbocycles. The van der Waals surface area contributed by atoms with Crippen LogP contribution in [-0.2, 0) is 6.54 Å². The van der Waals surface area contributed by atoms with Gasteiger partial charge in [0.2, 0.25) is 0 Å². The number of fused-ring (bicyclic) bond motifs is 1. The average Bonchev–Trinajstić information content (AvgIpc) is 2.95. The number of benzene rings is 1. The van der Waals surface area contributed by atoms with Crippen molar-refractivity contribution < 1.29 is 14.6 Å². The van der Waals surface area contributed by atoms with E-state index in [1.54, 1.807) is 17.7 Å². The molecule has 0 radical (unpaired) electrons. The van der Waals surface area contributed by atoms with Gasteiger partial charge in [-0.2, -0.15) is 0 Å². The number of aromatic nitrogens is 1. The van der Waals surface area contributed by atoms with Crippen molar-refractivity contribution in [2.24, 2.45) is 0 Å². The maximum absolute atomic E-state index is 13.1. The van der Waals surface area contributed by atoms with Gasteiger partial charge < -0.3 is 19.7 Å². The summed E-state index contributed by atoms with van der Waals surface area (Å²) in [5.74, 6) is 0.446. The van der Waals surface area contributed by atoms with Crippen LogP contribution in [0.25, 0.3) is 10.9 Å². The second kappa shape index (κ2) is 10.4. The van der Waals surface area contributed by atoms with E-state index in [-0.39, 0.29) is 22.6 Å². The monoisotopic (exact) mass is 402 g/mol. The third-order valence-corrected chi connectivity index (χ3v) is 5.62. The third kappa shape index (κ3) is 5.38. The standard InChI is InChI=1S/C22H30N2O3.CH4O/c1-4-13-24-19-15-17(27-3)10-9-16(19)14-18(21(24)26)20(25)23-22(2)11-7-5-6-8-12-22;1-2/h9-10,14-15H,4-8,11-13H2,1-3H3,(H,23,25);2H,1H3. The number of aliphatic hydroxyl groups excluding tert-OH is 1. The van der Waals surface area contributed by atoms with Crippen molar-refractivity contribution in [2.45, 2.75) is 70.9 Å². The molecule has 29 heavy (non-hydrogen) atoms. The van der Waals surface area contributed by atoms with E-state index in [4.69, 9.17) is 9.84 Å². The van der Waals surface area contributed by atoms with E-state index in [2.05, 4.69) is 12.2 Å². The minimum absolute atomic E-state index is 0.228. The quantitative estimate of drug-likeness (QED) is 0.744. The topological polar surface area (TPSA) is 80.6 Å². The number of ether oxygens (including phenoxy) is 1. The summed E-state index contributed by atoms with van der Waals surface area (Å²) in [7, 11) is 2.61. The van der Waals surface area contributed by atoms with E-state index in [0.29, 0.717) is 12.3 Å². The molecule has 1 aromatic heterocycles. The van der Waals surface area contributed by atoms with E-state index >= 15 is 0 Å². The van der Waals surface area contributed by atoms with Crippen molar-refractivity contribution in [1.29, 1.82) is 0 Å². The molecule has 0 saturated heterocycles. The van der Waals surface area contributed by atoms with Crippen molar-refractivity contribution in [3.8, 4) is 5.75 Å². The Labute approximate surface area is 172 Å². The highest BCUT2D eigenvalue weighted by Crippen LogP contribution is 2.27. The Morgan fingerprint density at radius 2 is 1.83 bits per heavy atom. The van der Waals surface area contributed by atoms with Gasteiger partial charge in [-0.05, 0) is 49.8 Å². The lowest BCUT2D eigenvalue weighted by atomic mass is 9.92. The Bertz CT molecular complexity index is 880. The van der Waals surface area contributed by atoms with Crippen LogP contribution in [0.3, 0.4) is 0 Å². The molecule has 6 heteroatoms. The van der Waals surface area contributed by atoms with Gasteiger partial charge in [0.1, 0.15) is 11.3 Å². The fraction of sp³-hybridized carbons (Fsp3) is 0.565. The first kappa shape index (κ1) is 22.9. The van der Waals surface area contributed by atoms with Gasteiger partial charge in [0.25, 0.3) is 11.5 Å². The molecule has 0 atom stereocenters. The summed E-state index contributed by atoms with van der Waals surface area (Å²) in [4.78, 5) is 26.1. The minimum Gasteiger partial charge on any atom is -0.497 e. The van der Waals surface area contributed by atoms with E-state index in [0.717, 1.165) is 50.1 Å². The Hall–Kier alpha value is -2.34. The van der Waals surface area contributed by atoms with Crippen LogP contribution in [-0.4, -0.2) is 35.3 Å². The molecule has 3 rings (SSSR count). The molecule has 0 bridgehead atoms. The van der Waals surface area contributed by atoms with E-state index in [9.17, 15) is 9.59 Å². The highest BCUT2D eigenvalue weighted by Gasteiger charge is 2.29. The number of methoxy groups -OCH3 is 1. The number of rotatable bonds is 5. The van der Waals surface area contributed by atoms with Crippen molar-refractivity contribution in [1.82, 2.24) is 9.88 Å². The second-order valence-corrected chi connectivity index (χ2v) is 7.87. The lowest BCUT2D eigenvalue weighted by Gasteiger charge is -2.29. The summed E-state index contributed by atoms with van der Waals surface area (Å²) in [6.07, 6.45) is 7.41. The maximum atomic E-state index is 13.1. The summed E-state index contributed by atoms with van der Waals surface area (Å²) < 4.78 is 7.00. The first-order chi connectivity index (χ1) is 14.0. The lowest BCUT2D eigenvalue weighted by Crippen LogP contribution is -2.47. The fourth-order valence-corrected chi connectivity index (χ4v) is 4.06. The second-order valence-electron chi connectivity index (χ2n) is 7.87. The van der Waals surface area contributed by atoms with Crippen molar-refractivity contribution in [3.05, 3.63) is 40.2 Å². The Morgan fingerprint density at radius 3 is 2.41 bits per heavy atom. The molecule has 1 amide bonds. The van der Waals surface area contributed by atoms with Crippen LogP contribution < -0.4 is 15.6 Å². The molecule has 0 aliphatic heterocycles. The van der Waals surface area contributed by atoms with Gasteiger partial charge in [0.05, 0.1) is 12.6 Å². The highest BCUT2D eigenvalue weighted by atomic mass is 16.5. The van der Waals surface area contributed by atoms with Gasteiger partial charge in [-0.15, -0.1) is 0 Å². The average molecular weight is 403 g/mol. The largest absolute Gasteiger partial charge is 0.497 e. The number of aliphatic hydroxyl groups is 1.